The average molecular weight is 300 g/mol. The molecule has 0 radical (unpaired) electrons. The molecule has 1 aromatic heterocycles. The van der Waals surface area contributed by atoms with Gasteiger partial charge in [0.1, 0.15) is 11.1 Å². The van der Waals surface area contributed by atoms with Crippen molar-refractivity contribution < 1.29 is 9.13 Å². The summed E-state index contributed by atoms with van der Waals surface area (Å²) >= 11 is 7.23. The van der Waals surface area contributed by atoms with Gasteiger partial charge in [0, 0.05) is 5.38 Å². The Bertz CT molecular complexity index is 558. The molecule has 0 N–H and O–H groups in total. The van der Waals surface area contributed by atoms with Gasteiger partial charge in [-0.1, -0.05) is 13.0 Å². The predicted molar refractivity (Wildman–Crippen MR) is 76.5 cm³/mol. The molecule has 1 aromatic carbocycles. The second kappa shape index (κ2) is 6.35. The molecule has 0 fully saturated rings. The zero-order valence-electron chi connectivity index (χ0n) is 10.8. The number of benzene rings is 1. The molecule has 1 unspecified atom stereocenters. The minimum absolute atomic E-state index is 0.238. The first-order valence-corrected chi connectivity index (χ1v) is 7.48. The van der Waals surface area contributed by atoms with Gasteiger partial charge in [0.25, 0.3) is 0 Å². The third kappa shape index (κ3) is 3.45. The van der Waals surface area contributed by atoms with E-state index in [1.807, 2.05) is 19.2 Å². The molecule has 0 aliphatic rings. The number of alkyl halides is 1. The van der Waals surface area contributed by atoms with Crippen LogP contribution in [-0.4, -0.2) is 4.98 Å². The molecule has 0 saturated heterocycles. The van der Waals surface area contributed by atoms with E-state index in [4.69, 9.17) is 16.3 Å². The van der Waals surface area contributed by atoms with Crippen LogP contribution in [0.5, 0.6) is 5.75 Å². The van der Waals surface area contributed by atoms with E-state index < -0.39 is 0 Å². The van der Waals surface area contributed by atoms with E-state index in [-0.39, 0.29) is 17.7 Å². The van der Waals surface area contributed by atoms with Gasteiger partial charge in [-0.05, 0) is 31.0 Å². The van der Waals surface area contributed by atoms with Crippen molar-refractivity contribution >= 4 is 22.9 Å². The van der Waals surface area contributed by atoms with Gasteiger partial charge in [-0.15, -0.1) is 22.9 Å². The van der Waals surface area contributed by atoms with Gasteiger partial charge in [-0.3, -0.25) is 0 Å². The summed E-state index contributed by atoms with van der Waals surface area (Å²) in [4.78, 5) is 4.39. The third-order valence-electron chi connectivity index (χ3n) is 2.71. The van der Waals surface area contributed by atoms with E-state index in [1.165, 1.54) is 17.4 Å². The highest BCUT2D eigenvalue weighted by Crippen LogP contribution is 2.29. The molecule has 2 rings (SSSR count). The number of aryl methyl sites for hydroxylation is 1. The Balaban J connectivity index is 2.21. The minimum Gasteiger partial charge on any atom is -0.480 e. The summed E-state index contributed by atoms with van der Waals surface area (Å²) < 4.78 is 19.4. The van der Waals surface area contributed by atoms with Crippen LogP contribution in [0.3, 0.4) is 0 Å². The summed E-state index contributed by atoms with van der Waals surface area (Å²) in [5, 5.41) is 2.74. The lowest BCUT2D eigenvalue weighted by Gasteiger charge is -2.16. The lowest BCUT2D eigenvalue weighted by atomic mass is 10.2. The quantitative estimate of drug-likeness (QED) is 0.736. The Kier molecular flexibility index (Phi) is 4.77. The Labute approximate surface area is 121 Å². The highest BCUT2D eigenvalue weighted by molar-refractivity contribution is 7.09. The lowest BCUT2D eigenvalue weighted by Crippen LogP contribution is -2.07. The van der Waals surface area contributed by atoms with Gasteiger partial charge >= 0.3 is 0 Å². The van der Waals surface area contributed by atoms with E-state index in [0.717, 1.165) is 22.7 Å². The maximum atomic E-state index is 13.7. The lowest BCUT2D eigenvalue weighted by molar-refractivity contribution is 0.191. The van der Waals surface area contributed by atoms with Crippen LogP contribution in [0, 0.1) is 12.7 Å². The van der Waals surface area contributed by atoms with E-state index >= 15 is 0 Å². The summed E-state index contributed by atoms with van der Waals surface area (Å²) in [5.74, 6) is 0.304. The van der Waals surface area contributed by atoms with Crippen molar-refractivity contribution in [1.29, 1.82) is 0 Å². The van der Waals surface area contributed by atoms with Crippen molar-refractivity contribution in [3.8, 4) is 5.75 Å². The van der Waals surface area contributed by atoms with Gasteiger partial charge in [-0.25, -0.2) is 9.37 Å². The standard InChI is InChI=1S/C14H15ClFNOS/c1-3-12(14-17-10(7-15)8-19-14)18-13-6-9(2)4-5-11(13)16/h4-6,8,12H,3,7H2,1-2H3. The van der Waals surface area contributed by atoms with Crippen LogP contribution >= 0.6 is 22.9 Å². The number of hydrogen-bond acceptors (Lipinski definition) is 3. The number of rotatable bonds is 5. The van der Waals surface area contributed by atoms with Crippen molar-refractivity contribution in [3.63, 3.8) is 0 Å². The first kappa shape index (κ1) is 14.3. The summed E-state index contributed by atoms with van der Waals surface area (Å²) in [6, 6.07) is 4.84. The first-order valence-electron chi connectivity index (χ1n) is 6.07. The normalized spacial score (nSPS) is 12.4. The molecule has 102 valence electrons. The van der Waals surface area contributed by atoms with Gasteiger partial charge < -0.3 is 4.74 Å². The molecule has 1 atom stereocenters. The predicted octanol–water partition coefficient (Wildman–Crippen LogP) is 4.86. The van der Waals surface area contributed by atoms with E-state index in [0.29, 0.717) is 5.88 Å². The maximum Gasteiger partial charge on any atom is 0.165 e. The van der Waals surface area contributed by atoms with Crippen LogP contribution in [-0.2, 0) is 5.88 Å². The summed E-state index contributed by atoms with van der Waals surface area (Å²) in [6.45, 7) is 3.89. The number of nitrogens with zero attached hydrogens (tertiary/aromatic N) is 1. The second-order valence-electron chi connectivity index (χ2n) is 4.26. The zero-order valence-corrected chi connectivity index (χ0v) is 12.4. The molecule has 2 aromatic rings. The van der Waals surface area contributed by atoms with Crippen molar-refractivity contribution in [2.75, 3.05) is 0 Å². The fourth-order valence-electron chi connectivity index (χ4n) is 1.69. The Morgan fingerprint density at radius 3 is 2.89 bits per heavy atom. The molecule has 2 nitrogen and oxygen atoms in total. The number of ether oxygens (including phenoxy) is 1. The fourth-order valence-corrected chi connectivity index (χ4v) is 2.85. The Morgan fingerprint density at radius 2 is 2.26 bits per heavy atom. The SMILES string of the molecule is CCC(Oc1cc(C)ccc1F)c1nc(CCl)cs1. The number of hydrogen-bond donors (Lipinski definition) is 0. The maximum absolute atomic E-state index is 13.7. The molecule has 5 heteroatoms. The van der Waals surface area contributed by atoms with Crippen LogP contribution in [0.15, 0.2) is 23.6 Å². The molecule has 1 heterocycles. The number of halogens is 2. The van der Waals surface area contributed by atoms with E-state index in [9.17, 15) is 4.39 Å². The minimum atomic E-state index is -0.349. The smallest absolute Gasteiger partial charge is 0.165 e. The molecule has 0 saturated carbocycles. The average Bonchev–Trinajstić information content (AvgIpc) is 2.88. The molecular formula is C14H15ClFNOS. The molecule has 0 aliphatic carbocycles. The molecular weight excluding hydrogens is 285 g/mol. The Hall–Kier alpha value is -1.13. The fraction of sp³-hybridized carbons (Fsp3) is 0.357. The summed E-state index contributed by atoms with van der Waals surface area (Å²) in [7, 11) is 0. The second-order valence-corrected chi connectivity index (χ2v) is 5.42. The van der Waals surface area contributed by atoms with E-state index in [2.05, 4.69) is 4.98 Å². The van der Waals surface area contributed by atoms with Crippen LogP contribution < -0.4 is 4.74 Å². The zero-order chi connectivity index (χ0) is 13.8. The third-order valence-corrected chi connectivity index (χ3v) is 3.97. The van der Waals surface area contributed by atoms with Crippen molar-refractivity contribution in [2.45, 2.75) is 32.3 Å². The van der Waals surface area contributed by atoms with Crippen LogP contribution in [0.2, 0.25) is 0 Å². The molecule has 0 bridgehead atoms. The van der Waals surface area contributed by atoms with Crippen LogP contribution in [0.4, 0.5) is 4.39 Å². The van der Waals surface area contributed by atoms with Crippen molar-refractivity contribution in [2.24, 2.45) is 0 Å². The van der Waals surface area contributed by atoms with Gasteiger partial charge in [0.2, 0.25) is 0 Å². The van der Waals surface area contributed by atoms with Gasteiger partial charge in [0.15, 0.2) is 11.6 Å². The van der Waals surface area contributed by atoms with Gasteiger partial charge in [-0.2, -0.15) is 0 Å². The van der Waals surface area contributed by atoms with Crippen LogP contribution in [0.25, 0.3) is 0 Å². The summed E-state index contributed by atoms with van der Waals surface area (Å²) in [6.07, 6.45) is 0.487. The number of aromatic nitrogens is 1. The number of thiazole rings is 1. The molecule has 19 heavy (non-hydrogen) atoms. The highest BCUT2D eigenvalue weighted by atomic mass is 35.5. The first-order chi connectivity index (χ1) is 9.13. The van der Waals surface area contributed by atoms with Crippen molar-refractivity contribution in [1.82, 2.24) is 4.98 Å². The Morgan fingerprint density at radius 1 is 1.47 bits per heavy atom. The van der Waals surface area contributed by atoms with E-state index in [1.54, 1.807) is 12.1 Å². The van der Waals surface area contributed by atoms with Gasteiger partial charge in [0.05, 0.1) is 11.6 Å². The topological polar surface area (TPSA) is 22.1 Å². The van der Waals surface area contributed by atoms with Crippen LogP contribution in [0.1, 0.15) is 35.7 Å². The molecule has 0 aliphatic heterocycles. The molecule has 0 amide bonds. The largest absolute Gasteiger partial charge is 0.480 e. The summed E-state index contributed by atoms with van der Waals surface area (Å²) in [5.41, 5.74) is 1.79. The highest BCUT2D eigenvalue weighted by Gasteiger charge is 2.17. The monoisotopic (exact) mass is 299 g/mol. The molecule has 0 spiro atoms. The van der Waals surface area contributed by atoms with Crippen molar-refractivity contribution in [3.05, 3.63) is 45.7 Å².